The highest BCUT2D eigenvalue weighted by Gasteiger charge is 2.22. The Morgan fingerprint density at radius 1 is 0.920 bits per heavy atom. The van der Waals surface area contributed by atoms with E-state index in [9.17, 15) is 9.59 Å². The molecule has 3 amide bonds. The van der Waals surface area contributed by atoms with Gasteiger partial charge in [-0.15, -0.1) is 0 Å². The quantitative estimate of drug-likeness (QED) is 0.757. The molecule has 0 bridgehead atoms. The molecule has 25 heavy (non-hydrogen) atoms. The molecule has 2 aromatic carbocycles. The lowest BCUT2D eigenvalue weighted by atomic mass is 9.94. The number of amides is 3. The van der Waals surface area contributed by atoms with Crippen LogP contribution in [-0.4, -0.2) is 18.5 Å². The third kappa shape index (κ3) is 5.95. The highest BCUT2D eigenvalue weighted by Crippen LogP contribution is 2.18. The zero-order valence-electron chi connectivity index (χ0n) is 14.9. The van der Waals surface area contributed by atoms with E-state index in [0.717, 1.165) is 11.1 Å². The van der Waals surface area contributed by atoms with Gasteiger partial charge in [0.1, 0.15) is 0 Å². The fourth-order valence-electron chi connectivity index (χ4n) is 2.43. The van der Waals surface area contributed by atoms with E-state index in [1.165, 1.54) is 5.56 Å². The molecule has 0 fully saturated rings. The molecule has 0 spiro atoms. The number of rotatable bonds is 6. The standard InChI is InChI=1S/C20H25N3O2/c1-15-9-11-16(12-10-15)13-21-19(25)22-14-18(24)23-20(2,3)17-7-5-4-6-8-17/h4-12H,13-14H2,1-3H3,(H,23,24)(H2,21,22,25). The summed E-state index contributed by atoms with van der Waals surface area (Å²) in [6, 6.07) is 17.3. The van der Waals surface area contributed by atoms with Crippen LogP contribution >= 0.6 is 0 Å². The molecule has 132 valence electrons. The van der Waals surface area contributed by atoms with Crippen molar-refractivity contribution in [2.45, 2.75) is 32.9 Å². The maximum atomic E-state index is 12.1. The molecule has 3 N–H and O–H groups in total. The van der Waals surface area contributed by atoms with E-state index in [0.29, 0.717) is 6.54 Å². The predicted octanol–water partition coefficient (Wildman–Crippen LogP) is 2.85. The first-order chi connectivity index (χ1) is 11.9. The average molecular weight is 339 g/mol. The van der Waals surface area contributed by atoms with Gasteiger partial charge in [0, 0.05) is 6.54 Å². The Labute approximate surface area is 148 Å². The van der Waals surface area contributed by atoms with E-state index in [1.54, 1.807) is 0 Å². The number of nitrogens with one attached hydrogen (secondary N) is 3. The number of carbonyl (C=O) groups excluding carboxylic acids is 2. The summed E-state index contributed by atoms with van der Waals surface area (Å²) in [5.41, 5.74) is 2.69. The fraction of sp³-hybridized carbons (Fsp3) is 0.300. The smallest absolute Gasteiger partial charge is 0.315 e. The zero-order chi connectivity index (χ0) is 18.3. The Morgan fingerprint density at radius 2 is 1.56 bits per heavy atom. The highest BCUT2D eigenvalue weighted by molar-refractivity contribution is 5.84. The number of carbonyl (C=O) groups is 2. The Hall–Kier alpha value is -2.82. The Balaban J connectivity index is 1.75. The van der Waals surface area contributed by atoms with E-state index in [2.05, 4.69) is 16.0 Å². The molecule has 0 heterocycles. The molecule has 0 aliphatic rings. The van der Waals surface area contributed by atoms with Gasteiger partial charge in [-0.2, -0.15) is 0 Å². The molecule has 2 aromatic rings. The van der Waals surface area contributed by atoms with Gasteiger partial charge >= 0.3 is 6.03 Å². The molecular weight excluding hydrogens is 314 g/mol. The lowest BCUT2D eigenvalue weighted by Crippen LogP contribution is -2.47. The second kappa shape index (κ2) is 8.33. The van der Waals surface area contributed by atoms with Crippen LogP contribution in [0.4, 0.5) is 4.79 Å². The summed E-state index contributed by atoms with van der Waals surface area (Å²) in [6.07, 6.45) is 0. The van der Waals surface area contributed by atoms with Crippen molar-refractivity contribution in [2.75, 3.05) is 6.54 Å². The summed E-state index contributed by atoms with van der Waals surface area (Å²) in [5, 5.41) is 8.24. The maximum Gasteiger partial charge on any atom is 0.315 e. The van der Waals surface area contributed by atoms with E-state index in [-0.39, 0.29) is 18.5 Å². The Bertz CT molecular complexity index is 709. The first kappa shape index (κ1) is 18.5. The van der Waals surface area contributed by atoms with E-state index in [4.69, 9.17) is 0 Å². The molecule has 0 aliphatic carbocycles. The number of aryl methyl sites for hydroxylation is 1. The summed E-state index contributed by atoms with van der Waals surface area (Å²) in [6.45, 7) is 6.22. The van der Waals surface area contributed by atoms with Gasteiger partial charge < -0.3 is 16.0 Å². The molecule has 0 unspecified atom stereocenters. The topological polar surface area (TPSA) is 70.2 Å². The van der Waals surface area contributed by atoms with Crippen LogP contribution in [0.2, 0.25) is 0 Å². The van der Waals surface area contributed by atoms with Crippen LogP contribution in [-0.2, 0) is 16.9 Å². The van der Waals surface area contributed by atoms with Gasteiger partial charge in [-0.3, -0.25) is 4.79 Å². The molecule has 5 heteroatoms. The zero-order valence-corrected chi connectivity index (χ0v) is 14.9. The molecule has 5 nitrogen and oxygen atoms in total. The van der Waals surface area contributed by atoms with Gasteiger partial charge in [0.05, 0.1) is 12.1 Å². The number of hydrogen-bond donors (Lipinski definition) is 3. The largest absolute Gasteiger partial charge is 0.346 e. The van der Waals surface area contributed by atoms with Crippen LogP contribution in [0.15, 0.2) is 54.6 Å². The summed E-state index contributed by atoms with van der Waals surface area (Å²) in [7, 11) is 0. The Kier molecular flexibility index (Phi) is 6.17. The van der Waals surface area contributed by atoms with Crippen molar-refractivity contribution in [2.24, 2.45) is 0 Å². The fourth-order valence-corrected chi connectivity index (χ4v) is 2.43. The van der Waals surface area contributed by atoms with E-state index >= 15 is 0 Å². The molecule has 0 radical (unpaired) electrons. The summed E-state index contributed by atoms with van der Waals surface area (Å²) < 4.78 is 0. The van der Waals surface area contributed by atoms with Crippen molar-refractivity contribution in [1.29, 1.82) is 0 Å². The predicted molar refractivity (Wildman–Crippen MR) is 99.0 cm³/mol. The minimum Gasteiger partial charge on any atom is -0.346 e. The minimum atomic E-state index is -0.502. The second-order valence-corrected chi connectivity index (χ2v) is 6.56. The first-order valence-corrected chi connectivity index (χ1v) is 8.30. The summed E-state index contributed by atoms with van der Waals surface area (Å²) in [4.78, 5) is 23.9. The van der Waals surface area contributed by atoms with Gasteiger partial charge in [0.15, 0.2) is 0 Å². The van der Waals surface area contributed by atoms with Crippen LogP contribution in [0.25, 0.3) is 0 Å². The molecule has 2 rings (SSSR count). The SMILES string of the molecule is Cc1ccc(CNC(=O)NCC(=O)NC(C)(C)c2ccccc2)cc1. The average Bonchev–Trinajstić information content (AvgIpc) is 2.60. The third-order valence-electron chi connectivity index (χ3n) is 3.93. The van der Waals surface area contributed by atoms with Crippen molar-refractivity contribution in [1.82, 2.24) is 16.0 Å². The number of benzene rings is 2. The van der Waals surface area contributed by atoms with E-state index in [1.807, 2.05) is 75.4 Å². The van der Waals surface area contributed by atoms with Crippen LogP contribution in [0.5, 0.6) is 0 Å². The molecule has 0 aliphatic heterocycles. The van der Waals surface area contributed by atoms with Gasteiger partial charge in [-0.1, -0.05) is 60.2 Å². The molecular formula is C20H25N3O2. The van der Waals surface area contributed by atoms with Gasteiger partial charge in [-0.25, -0.2) is 4.79 Å². The molecule has 0 saturated heterocycles. The normalized spacial score (nSPS) is 10.8. The molecule has 0 saturated carbocycles. The van der Waals surface area contributed by atoms with Crippen molar-refractivity contribution in [3.8, 4) is 0 Å². The van der Waals surface area contributed by atoms with Crippen LogP contribution in [0.3, 0.4) is 0 Å². The Morgan fingerprint density at radius 3 is 2.20 bits per heavy atom. The molecule has 0 aromatic heterocycles. The first-order valence-electron chi connectivity index (χ1n) is 8.30. The minimum absolute atomic E-state index is 0.0734. The van der Waals surface area contributed by atoms with Crippen molar-refractivity contribution in [3.63, 3.8) is 0 Å². The highest BCUT2D eigenvalue weighted by atomic mass is 16.2. The maximum absolute atomic E-state index is 12.1. The van der Waals surface area contributed by atoms with Gasteiger partial charge in [0.2, 0.25) is 5.91 Å². The van der Waals surface area contributed by atoms with Crippen LogP contribution in [0, 0.1) is 6.92 Å². The monoisotopic (exact) mass is 339 g/mol. The van der Waals surface area contributed by atoms with Crippen LogP contribution < -0.4 is 16.0 Å². The number of urea groups is 1. The van der Waals surface area contributed by atoms with Crippen molar-refractivity contribution >= 4 is 11.9 Å². The van der Waals surface area contributed by atoms with E-state index < -0.39 is 5.54 Å². The lowest BCUT2D eigenvalue weighted by Gasteiger charge is -2.27. The molecule has 0 atom stereocenters. The number of hydrogen-bond acceptors (Lipinski definition) is 2. The lowest BCUT2D eigenvalue weighted by molar-refractivity contribution is -0.121. The third-order valence-corrected chi connectivity index (χ3v) is 3.93. The van der Waals surface area contributed by atoms with Gasteiger partial charge in [-0.05, 0) is 31.9 Å². The van der Waals surface area contributed by atoms with Crippen LogP contribution in [0.1, 0.15) is 30.5 Å². The van der Waals surface area contributed by atoms with Crippen molar-refractivity contribution < 1.29 is 9.59 Å². The second-order valence-electron chi connectivity index (χ2n) is 6.56. The van der Waals surface area contributed by atoms with Crippen molar-refractivity contribution in [3.05, 3.63) is 71.3 Å². The van der Waals surface area contributed by atoms with Gasteiger partial charge in [0.25, 0.3) is 0 Å². The summed E-state index contributed by atoms with van der Waals surface area (Å²) >= 11 is 0. The summed E-state index contributed by atoms with van der Waals surface area (Å²) in [5.74, 6) is -0.237.